The van der Waals surface area contributed by atoms with Gasteiger partial charge in [-0.05, 0) is 36.4 Å². The molecule has 1 heterocycles. The third-order valence-electron chi connectivity index (χ3n) is 3.50. The average molecular weight is 322 g/mol. The van der Waals surface area contributed by atoms with Crippen molar-refractivity contribution in [2.24, 2.45) is 0 Å². The lowest BCUT2D eigenvalue weighted by molar-refractivity contribution is 0.102. The van der Waals surface area contributed by atoms with Crippen LogP contribution in [0.1, 0.15) is 10.4 Å². The number of aromatic nitrogens is 1. The molecule has 0 bridgehead atoms. The molecule has 0 aliphatic carbocycles. The number of methoxy groups -OCH3 is 1. The zero-order valence-electron chi connectivity index (χ0n) is 13.0. The molecular weight excluding hydrogens is 307 g/mol. The molecule has 1 N–H and O–H groups in total. The highest BCUT2D eigenvalue weighted by Gasteiger charge is 2.12. The number of ether oxygens (including phenoxy) is 1. The van der Waals surface area contributed by atoms with Gasteiger partial charge in [0.1, 0.15) is 11.6 Å². The molecular formula is C19H15FN2O2. The Hall–Kier alpha value is -3.21. The largest absolute Gasteiger partial charge is 0.496 e. The summed E-state index contributed by atoms with van der Waals surface area (Å²) in [5, 5.41) is 2.79. The SMILES string of the molecule is COc1ccc(F)cc1-c1cncc(C(=O)Nc2ccccc2)c1. The molecule has 3 aromatic rings. The molecule has 120 valence electrons. The van der Waals surface area contributed by atoms with E-state index in [0.717, 1.165) is 0 Å². The van der Waals surface area contributed by atoms with E-state index in [4.69, 9.17) is 4.74 Å². The zero-order valence-corrected chi connectivity index (χ0v) is 13.0. The Labute approximate surface area is 138 Å². The number of nitrogens with one attached hydrogen (secondary N) is 1. The summed E-state index contributed by atoms with van der Waals surface area (Å²) in [5.74, 6) is -0.158. The van der Waals surface area contributed by atoms with Gasteiger partial charge >= 0.3 is 0 Å². The van der Waals surface area contributed by atoms with Crippen molar-refractivity contribution in [1.82, 2.24) is 4.98 Å². The molecule has 0 aliphatic rings. The van der Waals surface area contributed by atoms with Gasteiger partial charge in [0.2, 0.25) is 0 Å². The van der Waals surface area contributed by atoms with Gasteiger partial charge in [-0.1, -0.05) is 18.2 Å². The first kappa shape index (κ1) is 15.7. The van der Waals surface area contributed by atoms with Crippen molar-refractivity contribution in [3.63, 3.8) is 0 Å². The molecule has 0 unspecified atom stereocenters. The van der Waals surface area contributed by atoms with E-state index in [9.17, 15) is 9.18 Å². The van der Waals surface area contributed by atoms with Crippen LogP contribution in [-0.4, -0.2) is 18.0 Å². The summed E-state index contributed by atoms with van der Waals surface area (Å²) in [7, 11) is 1.51. The number of anilines is 1. The monoisotopic (exact) mass is 322 g/mol. The Morgan fingerprint density at radius 1 is 1.08 bits per heavy atom. The number of hydrogen-bond acceptors (Lipinski definition) is 3. The maximum absolute atomic E-state index is 13.6. The number of para-hydroxylation sites is 1. The number of hydrogen-bond donors (Lipinski definition) is 1. The predicted octanol–water partition coefficient (Wildman–Crippen LogP) is 4.15. The number of carbonyl (C=O) groups is 1. The summed E-state index contributed by atoms with van der Waals surface area (Å²) >= 11 is 0. The Morgan fingerprint density at radius 2 is 1.88 bits per heavy atom. The van der Waals surface area contributed by atoms with Crippen molar-refractivity contribution >= 4 is 11.6 Å². The van der Waals surface area contributed by atoms with E-state index < -0.39 is 0 Å². The fourth-order valence-electron chi connectivity index (χ4n) is 2.34. The highest BCUT2D eigenvalue weighted by molar-refractivity contribution is 6.04. The first-order chi connectivity index (χ1) is 11.7. The highest BCUT2D eigenvalue weighted by Crippen LogP contribution is 2.30. The second-order valence-corrected chi connectivity index (χ2v) is 5.13. The van der Waals surface area contributed by atoms with Gasteiger partial charge in [-0.15, -0.1) is 0 Å². The number of carbonyl (C=O) groups excluding carboxylic acids is 1. The Kier molecular flexibility index (Phi) is 4.52. The van der Waals surface area contributed by atoms with Gasteiger partial charge in [0, 0.05) is 29.2 Å². The normalized spacial score (nSPS) is 10.2. The summed E-state index contributed by atoms with van der Waals surface area (Å²) in [6.07, 6.45) is 3.03. The van der Waals surface area contributed by atoms with E-state index in [0.29, 0.717) is 28.1 Å². The molecule has 0 saturated heterocycles. The maximum Gasteiger partial charge on any atom is 0.257 e. The zero-order chi connectivity index (χ0) is 16.9. The van der Waals surface area contributed by atoms with Gasteiger partial charge in [0.05, 0.1) is 12.7 Å². The standard InChI is InChI=1S/C19H15FN2O2/c1-24-18-8-7-15(20)10-17(18)13-9-14(12-21-11-13)19(23)22-16-5-3-2-4-6-16/h2-12H,1H3,(H,22,23). The molecule has 0 aliphatic heterocycles. The molecule has 0 fully saturated rings. The minimum atomic E-state index is -0.384. The molecule has 1 amide bonds. The predicted molar refractivity (Wildman–Crippen MR) is 90.6 cm³/mol. The van der Waals surface area contributed by atoms with Crippen molar-refractivity contribution in [2.45, 2.75) is 0 Å². The molecule has 24 heavy (non-hydrogen) atoms. The summed E-state index contributed by atoms with van der Waals surface area (Å²) < 4.78 is 18.8. The van der Waals surface area contributed by atoms with Crippen LogP contribution in [0.2, 0.25) is 0 Å². The van der Waals surface area contributed by atoms with E-state index in [1.807, 2.05) is 18.2 Å². The summed E-state index contributed by atoms with van der Waals surface area (Å²) in [4.78, 5) is 16.5. The van der Waals surface area contributed by atoms with Gasteiger partial charge in [-0.3, -0.25) is 9.78 Å². The van der Waals surface area contributed by atoms with Gasteiger partial charge in [0.25, 0.3) is 5.91 Å². The second kappa shape index (κ2) is 6.91. The quantitative estimate of drug-likeness (QED) is 0.785. The van der Waals surface area contributed by atoms with Crippen LogP contribution in [0.4, 0.5) is 10.1 Å². The molecule has 3 rings (SSSR count). The number of benzene rings is 2. The third kappa shape index (κ3) is 3.41. The molecule has 4 nitrogen and oxygen atoms in total. The maximum atomic E-state index is 13.6. The van der Waals surface area contributed by atoms with E-state index in [2.05, 4.69) is 10.3 Å². The smallest absolute Gasteiger partial charge is 0.257 e. The molecule has 0 atom stereocenters. The summed E-state index contributed by atoms with van der Waals surface area (Å²) in [5.41, 5.74) is 2.21. The molecule has 0 saturated carbocycles. The van der Waals surface area contributed by atoms with Crippen LogP contribution in [-0.2, 0) is 0 Å². The number of pyridine rings is 1. The van der Waals surface area contributed by atoms with Gasteiger partial charge in [-0.25, -0.2) is 4.39 Å². The molecule has 0 spiro atoms. The summed E-state index contributed by atoms with van der Waals surface area (Å²) in [6, 6.07) is 15.0. The van der Waals surface area contributed by atoms with Crippen LogP contribution in [0.5, 0.6) is 5.75 Å². The average Bonchev–Trinajstić information content (AvgIpc) is 2.62. The van der Waals surface area contributed by atoms with Crippen LogP contribution in [0, 0.1) is 5.82 Å². The fraction of sp³-hybridized carbons (Fsp3) is 0.0526. The van der Waals surface area contributed by atoms with Crippen LogP contribution in [0.25, 0.3) is 11.1 Å². The highest BCUT2D eigenvalue weighted by atomic mass is 19.1. The minimum Gasteiger partial charge on any atom is -0.496 e. The van der Waals surface area contributed by atoms with Gasteiger partial charge < -0.3 is 10.1 Å². The lowest BCUT2D eigenvalue weighted by atomic mass is 10.0. The topological polar surface area (TPSA) is 51.2 Å². The lowest BCUT2D eigenvalue weighted by Crippen LogP contribution is -2.12. The first-order valence-electron chi connectivity index (χ1n) is 7.33. The molecule has 2 aromatic carbocycles. The van der Waals surface area contributed by atoms with Gasteiger partial charge in [0.15, 0.2) is 0 Å². The van der Waals surface area contributed by atoms with Crippen molar-refractivity contribution in [3.8, 4) is 16.9 Å². The molecule has 0 radical (unpaired) electrons. The number of amides is 1. The van der Waals surface area contributed by atoms with Crippen molar-refractivity contribution in [1.29, 1.82) is 0 Å². The summed E-state index contributed by atoms with van der Waals surface area (Å²) in [6.45, 7) is 0. The van der Waals surface area contributed by atoms with E-state index in [-0.39, 0.29) is 11.7 Å². The fourth-order valence-corrected chi connectivity index (χ4v) is 2.34. The third-order valence-corrected chi connectivity index (χ3v) is 3.50. The number of rotatable bonds is 4. The number of nitrogens with zero attached hydrogens (tertiary/aromatic N) is 1. The minimum absolute atomic E-state index is 0.286. The van der Waals surface area contributed by atoms with E-state index in [1.165, 1.54) is 25.4 Å². The van der Waals surface area contributed by atoms with Crippen LogP contribution in [0.3, 0.4) is 0 Å². The van der Waals surface area contributed by atoms with Crippen molar-refractivity contribution < 1.29 is 13.9 Å². The Bertz CT molecular complexity index is 866. The lowest BCUT2D eigenvalue weighted by Gasteiger charge is -2.10. The Morgan fingerprint density at radius 3 is 2.62 bits per heavy atom. The second-order valence-electron chi connectivity index (χ2n) is 5.13. The molecule has 1 aromatic heterocycles. The number of halogens is 1. The van der Waals surface area contributed by atoms with Crippen molar-refractivity contribution in [2.75, 3.05) is 12.4 Å². The van der Waals surface area contributed by atoms with Crippen LogP contribution in [0.15, 0.2) is 67.0 Å². The Balaban J connectivity index is 1.92. The van der Waals surface area contributed by atoms with E-state index in [1.54, 1.807) is 30.5 Å². The van der Waals surface area contributed by atoms with Crippen LogP contribution < -0.4 is 10.1 Å². The van der Waals surface area contributed by atoms with E-state index >= 15 is 0 Å². The first-order valence-corrected chi connectivity index (χ1v) is 7.33. The molecule has 5 heteroatoms. The van der Waals surface area contributed by atoms with Crippen molar-refractivity contribution in [3.05, 3.63) is 78.4 Å². The van der Waals surface area contributed by atoms with Crippen LogP contribution >= 0.6 is 0 Å². The van der Waals surface area contributed by atoms with Gasteiger partial charge in [-0.2, -0.15) is 0 Å².